The zero-order valence-electron chi connectivity index (χ0n) is 20.6. The smallest absolute Gasteiger partial charge is 0.271 e. The lowest BCUT2D eigenvalue weighted by molar-refractivity contribution is -0.133. The van der Waals surface area contributed by atoms with Crippen molar-refractivity contribution in [1.82, 2.24) is 20.5 Å². The third-order valence-electron chi connectivity index (χ3n) is 8.65. The van der Waals surface area contributed by atoms with Crippen LogP contribution >= 0.6 is 0 Å². The lowest BCUT2D eigenvalue weighted by Crippen LogP contribution is -2.53. The molecule has 3 amide bonds. The number of aliphatic hydroxyl groups excluding tert-OH is 1. The van der Waals surface area contributed by atoms with E-state index in [1.807, 2.05) is 18.2 Å². The van der Waals surface area contributed by atoms with Gasteiger partial charge in [0.2, 0.25) is 11.8 Å². The first kappa shape index (κ1) is 24.0. The minimum atomic E-state index is -0.975. The van der Waals surface area contributed by atoms with E-state index >= 15 is 0 Å². The molecule has 4 N–H and O–H groups in total. The summed E-state index contributed by atoms with van der Waals surface area (Å²) in [7, 11) is 0. The summed E-state index contributed by atoms with van der Waals surface area (Å²) in [6, 6.07) is 4.08. The van der Waals surface area contributed by atoms with Gasteiger partial charge in [0.1, 0.15) is 24.1 Å². The number of aromatic nitrogens is 1. The molecule has 1 unspecified atom stereocenters. The number of hydrogen-bond acceptors (Lipinski definition) is 6. The van der Waals surface area contributed by atoms with Crippen molar-refractivity contribution in [3.05, 3.63) is 29.5 Å². The van der Waals surface area contributed by atoms with Gasteiger partial charge in [-0.05, 0) is 55.2 Å². The third-order valence-corrected chi connectivity index (χ3v) is 8.65. The van der Waals surface area contributed by atoms with Gasteiger partial charge in [0.15, 0.2) is 5.78 Å². The van der Waals surface area contributed by atoms with Crippen LogP contribution < -0.4 is 15.4 Å². The van der Waals surface area contributed by atoms with Gasteiger partial charge in [0, 0.05) is 36.3 Å². The molecular formula is C27H32N4O6. The Kier molecular flexibility index (Phi) is 6.14. The van der Waals surface area contributed by atoms with Crippen molar-refractivity contribution in [3.8, 4) is 5.75 Å². The van der Waals surface area contributed by atoms with E-state index in [0.29, 0.717) is 31.8 Å². The van der Waals surface area contributed by atoms with Crippen molar-refractivity contribution < 1.29 is 29.0 Å². The zero-order chi connectivity index (χ0) is 25.7. The summed E-state index contributed by atoms with van der Waals surface area (Å²) in [5.41, 5.74) is 2.34. The molecule has 6 rings (SSSR count). The number of carbonyl (C=O) groups excluding carboxylic acids is 4. The van der Waals surface area contributed by atoms with Crippen molar-refractivity contribution in [2.24, 2.45) is 17.8 Å². The fourth-order valence-electron chi connectivity index (χ4n) is 6.77. The summed E-state index contributed by atoms with van der Waals surface area (Å²) in [5.74, 6) is -0.668. The summed E-state index contributed by atoms with van der Waals surface area (Å²) in [6.07, 6.45) is 4.35. The minimum Gasteiger partial charge on any atom is -0.492 e. The predicted molar refractivity (Wildman–Crippen MR) is 133 cm³/mol. The Hall–Kier alpha value is -3.40. The monoisotopic (exact) mass is 508 g/mol. The molecule has 10 heteroatoms. The number of H-pyrrole nitrogens is 1. The van der Waals surface area contributed by atoms with E-state index in [1.54, 1.807) is 4.90 Å². The van der Waals surface area contributed by atoms with Crippen molar-refractivity contribution in [1.29, 1.82) is 0 Å². The van der Waals surface area contributed by atoms with Crippen LogP contribution in [0.3, 0.4) is 0 Å². The highest BCUT2D eigenvalue weighted by molar-refractivity contribution is 6.02. The Morgan fingerprint density at radius 3 is 2.86 bits per heavy atom. The van der Waals surface area contributed by atoms with E-state index in [4.69, 9.17) is 4.74 Å². The van der Waals surface area contributed by atoms with Crippen LogP contribution in [-0.4, -0.2) is 76.9 Å². The van der Waals surface area contributed by atoms with Crippen LogP contribution in [0.25, 0.3) is 10.9 Å². The van der Waals surface area contributed by atoms with E-state index in [2.05, 4.69) is 15.6 Å². The molecular weight excluding hydrogens is 476 g/mol. The Balaban J connectivity index is 1.26. The van der Waals surface area contributed by atoms with E-state index in [9.17, 15) is 24.3 Å². The van der Waals surface area contributed by atoms with Crippen molar-refractivity contribution >= 4 is 34.4 Å². The lowest BCUT2D eigenvalue weighted by atomic mass is 9.92. The quantitative estimate of drug-likeness (QED) is 0.438. The number of nitrogens with one attached hydrogen (secondary N) is 3. The Morgan fingerprint density at radius 1 is 1.22 bits per heavy atom. The SMILES string of the molecule is O=C(CO)C(C[C@@H]1CCNC1=O)NC(=O)[C@@H]1[C@H]2CCC[C@H]2CN1C(=O)c1cc2c3c(ccc2[nH]1)CCO3. The highest BCUT2D eigenvalue weighted by Crippen LogP contribution is 2.43. The Morgan fingerprint density at radius 2 is 2.08 bits per heavy atom. The van der Waals surface area contributed by atoms with E-state index in [1.165, 1.54) is 0 Å². The molecule has 1 aliphatic carbocycles. The summed E-state index contributed by atoms with van der Waals surface area (Å²) >= 11 is 0. The molecule has 2 saturated heterocycles. The summed E-state index contributed by atoms with van der Waals surface area (Å²) < 4.78 is 5.80. The number of fused-ring (bicyclic) bond motifs is 4. The van der Waals surface area contributed by atoms with E-state index in [0.717, 1.165) is 47.9 Å². The normalized spacial score (nSPS) is 27.1. The van der Waals surface area contributed by atoms with Gasteiger partial charge in [-0.15, -0.1) is 0 Å². The molecule has 3 fully saturated rings. The number of ketones is 1. The van der Waals surface area contributed by atoms with Gasteiger partial charge in [0.25, 0.3) is 5.91 Å². The highest BCUT2D eigenvalue weighted by atomic mass is 16.5. The Labute approximate surface area is 214 Å². The van der Waals surface area contributed by atoms with Crippen LogP contribution in [0.15, 0.2) is 18.2 Å². The van der Waals surface area contributed by atoms with Gasteiger partial charge >= 0.3 is 0 Å². The molecule has 0 spiro atoms. The number of likely N-dealkylation sites (tertiary alicyclic amines) is 1. The molecule has 0 radical (unpaired) electrons. The second-order valence-electron chi connectivity index (χ2n) is 10.8. The second kappa shape index (κ2) is 9.48. The topological polar surface area (TPSA) is 141 Å². The molecule has 37 heavy (non-hydrogen) atoms. The average molecular weight is 509 g/mol. The maximum atomic E-state index is 13.8. The molecule has 5 atom stereocenters. The molecule has 4 heterocycles. The second-order valence-corrected chi connectivity index (χ2v) is 10.8. The number of ether oxygens (including phenoxy) is 1. The van der Waals surface area contributed by atoms with Gasteiger partial charge in [-0.1, -0.05) is 12.5 Å². The van der Waals surface area contributed by atoms with Gasteiger partial charge in [-0.25, -0.2) is 0 Å². The molecule has 1 saturated carbocycles. The number of Topliss-reactive ketones (excluding diaryl/α,β-unsaturated/α-hetero) is 1. The fraction of sp³-hybridized carbons (Fsp3) is 0.556. The average Bonchev–Trinajstić information content (AvgIpc) is 3.70. The number of rotatable bonds is 7. The van der Waals surface area contributed by atoms with Crippen LogP contribution in [0, 0.1) is 17.8 Å². The number of amides is 3. The molecule has 3 aliphatic heterocycles. The number of nitrogens with zero attached hydrogens (tertiary/aromatic N) is 1. The minimum absolute atomic E-state index is 0.0144. The number of hydrogen-bond donors (Lipinski definition) is 4. The maximum Gasteiger partial charge on any atom is 0.271 e. The fourth-order valence-corrected chi connectivity index (χ4v) is 6.77. The van der Waals surface area contributed by atoms with Crippen LogP contribution in [0.2, 0.25) is 0 Å². The van der Waals surface area contributed by atoms with Gasteiger partial charge < -0.3 is 30.4 Å². The van der Waals surface area contributed by atoms with E-state index < -0.39 is 36.3 Å². The molecule has 0 bridgehead atoms. The maximum absolute atomic E-state index is 13.8. The number of aliphatic hydroxyl groups is 1. The molecule has 1 aromatic heterocycles. The highest BCUT2D eigenvalue weighted by Gasteiger charge is 2.50. The summed E-state index contributed by atoms with van der Waals surface area (Å²) in [6.45, 7) is 0.914. The first-order chi connectivity index (χ1) is 17.9. The number of carbonyl (C=O) groups is 4. The van der Waals surface area contributed by atoms with Crippen LogP contribution in [0.5, 0.6) is 5.75 Å². The number of benzene rings is 1. The van der Waals surface area contributed by atoms with E-state index in [-0.39, 0.29) is 30.1 Å². The molecule has 4 aliphatic rings. The molecule has 10 nitrogen and oxygen atoms in total. The summed E-state index contributed by atoms with van der Waals surface area (Å²) in [5, 5.41) is 15.9. The molecule has 196 valence electrons. The van der Waals surface area contributed by atoms with Crippen molar-refractivity contribution in [2.75, 3.05) is 26.3 Å². The van der Waals surface area contributed by atoms with Gasteiger partial charge in [-0.2, -0.15) is 0 Å². The van der Waals surface area contributed by atoms with Crippen molar-refractivity contribution in [3.63, 3.8) is 0 Å². The summed E-state index contributed by atoms with van der Waals surface area (Å²) in [4.78, 5) is 56.9. The molecule has 1 aromatic carbocycles. The van der Waals surface area contributed by atoms with Crippen LogP contribution in [0.4, 0.5) is 0 Å². The molecule has 2 aromatic rings. The lowest BCUT2D eigenvalue weighted by Gasteiger charge is -2.29. The first-order valence-corrected chi connectivity index (χ1v) is 13.2. The van der Waals surface area contributed by atoms with Crippen LogP contribution in [0.1, 0.15) is 48.2 Å². The first-order valence-electron chi connectivity index (χ1n) is 13.2. The predicted octanol–water partition coefficient (Wildman–Crippen LogP) is 0.916. The Bertz CT molecular complexity index is 1270. The van der Waals surface area contributed by atoms with Gasteiger partial charge in [0.05, 0.1) is 12.6 Å². The largest absolute Gasteiger partial charge is 0.492 e. The zero-order valence-corrected chi connectivity index (χ0v) is 20.6. The van der Waals surface area contributed by atoms with Crippen molar-refractivity contribution in [2.45, 2.75) is 50.6 Å². The standard InChI is InChI=1S/C27H32N4O6/c32-13-22(33)20(10-15-6-8-28-25(15)34)30-26(35)23-17-3-1-2-16(17)12-31(23)27(36)21-11-18-19(29-21)5-4-14-7-9-37-24(14)18/h4-5,11,15-17,20,23,29,32H,1-3,6-10,12-13H2,(H,28,34)(H,30,35)/t15-,16-,17-,20?,23-/m0/s1. The number of aromatic amines is 1. The third kappa shape index (κ3) is 4.17. The van der Waals surface area contributed by atoms with Gasteiger partial charge in [-0.3, -0.25) is 19.2 Å². The van der Waals surface area contributed by atoms with Crippen LogP contribution in [-0.2, 0) is 20.8 Å².